The zero-order valence-corrected chi connectivity index (χ0v) is 12.3. The highest BCUT2D eigenvalue weighted by Crippen LogP contribution is 2.25. The molecule has 0 amide bonds. The molecule has 2 heterocycles. The lowest BCUT2D eigenvalue weighted by molar-refractivity contribution is 0.465. The fraction of sp³-hybridized carbons (Fsp3) is 0.692. The Hall–Kier alpha value is -0.970. The smallest absolute Gasteiger partial charge is 0.213 e. The molecule has 1 aliphatic heterocycles. The van der Waals surface area contributed by atoms with Crippen LogP contribution in [0.4, 0.5) is 0 Å². The summed E-state index contributed by atoms with van der Waals surface area (Å²) in [4.78, 5) is 8.86. The highest BCUT2D eigenvalue weighted by atomic mass is 32.2. The van der Waals surface area contributed by atoms with E-state index in [1.807, 2.05) is 25.6 Å². The van der Waals surface area contributed by atoms with Crippen molar-refractivity contribution in [1.82, 2.24) is 10.3 Å². The van der Waals surface area contributed by atoms with E-state index in [4.69, 9.17) is 4.42 Å². The number of nitrogens with one attached hydrogen (secondary N) is 1. The number of nitrogens with zero attached hydrogens (tertiary/aromatic N) is 2. The number of aryl methyl sites for hydroxylation is 2. The van der Waals surface area contributed by atoms with Crippen LogP contribution in [0.1, 0.15) is 37.6 Å². The van der Waals surface area contributed by atoms with E-state index in [2.05, 4.69) is 29.1 Å². The van der Waals surface area contributed by atoms with Gasteiger partial charge in [-0.2, -0.15) is 0 Å². The summed E-state index contributed by atoms with van der Waals surface area (Å²) >= 11 is 1.84. The van der Waals surface area contributed by atoms with E-state index in [-0.39, 0.29) is 0 Å². The molecule has 0 saturated heterocycles. The lowest BCUT2D eigenvalue weighted by Gasteiger charge is -2.10. The van der Waals surface area contributed by atoms with Crippen molar-refractivity contribution in [3.63, 3.8) is 0 Å². The predicted molar refractivity (Wildman–Crippen MR) is 76.0 cm³/mol. The Morgan fingerprint density at radius 3 is 2.83 bits per heavy atom. The fourth-order valence-corrected chi connectivity index (χ4v) is 3.18. The van der Waals surface area contributed by atoms with E-state index < -0.39 is 0 Å². The Labute approximate surface area is 113 Å². The van der Waals surface area contributed by atoms with E-state index in [0.717, 1.165) is 35.0 Å². The van der Waals surface area contributed by atoms with E-state index in [0.29, 0.717) is 11.8 Å². The largest absolute Gasteiger partial charge is 0.444 e. The summed E-state index contributed by atoms with van der Waals surface area (Å²) < 4.78 is 5.53. The summed E-state index contributed by atoms with van der Waals surface area (Å²) in [5, 5.41) is 4.95. The van der Waals surface area contributed by atoms with Crippen molar-refractivity contribution in [2.24, 2.45) is 10.9 Å². The Bertz CT molecular complexity index is 420. The molecule has 1 aromatic heterocycles. The summed E-state index contributed by atoms with van der Waals surface area (Å²) in [7, 11) is 0. The van der Waals surface area contributed by atoms with Crippen LogP contribution in [-0.4, -0.2) is 21.9 Å². The minimum absolute atomic E-state index is 0.620. The number of oxazole rings is 1. The maximum atomic E-state index is 5.53. The summed E-state index contributed by atoms with van der Waals surface area (Å²) in [6.45, 7) is 9.95. The molecule has 0 aromatic carbocycles. The minimum Gasteiger partial charge on any atom is -0.444 e. The first-order valence-corrected chi connectivity index (χ1v) is 7.30. The Balaban J connectivity index is 1.78. The molecule has 1 aromatic rings. The highest BCUT2D eigenvalue weighted by molar-refractivity contribution is 8.14. The molecule has 1 N–H and O–H groups in total. The van der Waals surface area contributed by atoms with Gasteiger partial charge in [0.15, 0.2) is 5.17 Å². The third-order valence-electron chi connectivity index (χ3n) is 2.91. The molecule has 0 spiro atoms. The monoisotopic (exact) mass is 267 g/mol. The maximum Gasteiger partial charge on any atom is 0.213 e. The van der Waals surface area contributed by atoms with Gasteiger partial charge in [-0.05, 0) is 26.2 Å². The molecule has 0 saturated carbocycles. The number of rotatable bonds is 4. The molecule has 2 rings (SSSR count). The number of amidine groups is 1. The molecule has 100 valence electrons. The molecular formula is C13H21N3OS. The number of thioether (sulfide) groups is 1. The first-order valence-electron chi connectivity index (χ1n) is 6.42. The van der Waals surface area contributed by atoms with Crippen LogP contribution in [0.3, 0.4) is 0 Å². The van der Waals surface area contributed by atoms with Crippen molar-refractivity contribution in [1.29, 1.82) is 0 Å². The van der Waals surface area contributed by atoms with Crippen LogP contribution in [0, 0.1) is 19.8 Å². The van der Waals surface area contributed by atoms with Crippen molar-refractivity contribution in [3.05, 3.63) is 17.3 Å². The van der Waals surface area contributed by atoms with Gasteiger partial charge < -0.3 is 9.73 Å². The number of hydrogen-bond acceptors (Lipinski definition) is 5. The molecule has 4 nitrogen and oxygen atoms in total. The first-order chi connectivity index (χ1) is 8.54. The van der Waals surface area contributed by atoms with E-state index in [9.17, 15) is 0 Å². The molecule has 1 aliphatic rings. The molecular weight excluding hydrogens is 246 g/mol. The SMILES string of the molecule is Cc1nc(CNC2=NCC(CC(C)C)S2)oc1C. The van der Waals surface area contributed by atoms with Gasteiger partial charge in [-0.1, -0.05) is 25.6 Å². The van der Waals surface area contributed by atoms with Gasteiger partial charge in [-0.25, -0.2) is 4.98 Å². The Morgan fingerprint density at radius 1 is 1.44 bits per heavy atom. The molecule has 0 fully saturated rings. The summed E-state index contributed by atoms with van der Waals surface area (Å²) in [6.07, 6.45) is 1.22. The Kier molecular flexibility index (Phi) is 4.32. The van der Waals surface area contributed by atoms with Gasteiger partial charge >= 0.3 is 0 Å². The van der Waals surface area contributed by atoms with Crippen LogP contribution in [0.2, 0.25) is 0 Å². The third kappa shape index (κ3) is 3.51. The van der Waals surface area contributed by atoms with Crippen LogP contribution in [-0.2, 0) is 6.54 Å². The summed E-state index contributed by atoms with van der Waals surface area (Å²) in [5.41, 5.74) is 0.963. The zero-order chi connectivity index (χ0) is 13.1. The summed E-state index contributed by atoms with van der Waals surface area (Å²) in [5.74, 6) is 2.36. The van der Waals surface area contributed by atoms with Gasteiger partial charge in [0.2, 0.25) is 5.89 Å². The van der Waals surface area contributed by atoms with E-state index >= 15 is 0 Å². The van der Waals surface area contributed by atoms with Crippen LogP contribution in [0.25, 0.3) is 0 Å². The van der Waals surface area contributed by atoms with Gasteiger partial charge in [-0.15, -0.1) is 0 Å². The quantitative estimate of drug-likeness (QED) is 0.911. The van der Waals surface area contributed by atoms with Gasteiger partial charge in [0, 0.05) is 5.25 Å². The van der Waals surface area contributed by atoms with Gasteiger partial charge in [-0.3, -0.25) is 4.99 Å². The second kappa shape index (κ2) is 5.78. The van der Waals surface area contributed by atoms with Crippen molar-refractivity contribution in [3.8, 4) is 0 Å². The van der Waals surface area contributed by atoms with Crippen molar-refractivity contribution in [2.75, 3.05) is 6.54 Å². The maximum absolute atomic E-state index is 5.53. The van der Waals surface area contributed by atoms with Gasteiger partial charge in [0.05, 0.1) is 18.8 Å². The van der Waals surface area contributed by atoms with Crippen molar-refractivity contribution in [2.45, 2.75) is 45.9 Å². The third-order valence-corrected chi connectivity index (χ3v) is 4.09. The van der Waals surface area contributed by atoms with Crippen LogP contribution < -0.4 is 5.32 Å². The average molecular weight is 267 g/mol. The van der Waals surface area contributed by atoms with Gasteiger partial charge in [0.25, 0.3) is 0 Å². The van der Waals surface area contributed by atoms with Crippen LogP contribution >= 0.6 is 11.8 Å². The molecule has 0 aliphatic carbocycles. The molecule has 0 radical (unpaired) electrons. The van der Waals surface area contributed by atoms with E-state index in [1.165, 1.54) is 6.42 Å². The van der Waals surface area contributed by atoms with Crippen LogP contribution in [0.5, 0.6) is 0 Å². The topological polar surface area (TPSA) is 50.4 Å². The highest BCUT2D eigenvalue weighted by Gasteiger charge is 2.20. The standard InChI is InChI=1S/C13H21N3OS/c1-8(2)5-11-6-14-13(18-11)15-7-12-16-9(3)10(4)17-12/h8,11H,5-7H2,1-4H3,(H,14,15). The van der Waals surface area contributed by atoms with Crippen molar-refractivity contribution >= 4 is 16.9 Å². The first kappa shape index (κ1) is 13.5. The lowest BCUT2D eigenvalue weighted by Crippen LogP contribution is -2.19. The molecule has 18 heavy (non-hydrogen) atoms. The molecule has 5 heteroatoms. The normalized spacial score (nSPS) is 19.4. The molecule has 1 atom stereocenters. The second-order valence-corrected chi connectivity index (χ2v) is 6.41. The van der Waals surface area contributed by atoms with Crippen LogP contribution in [0.15, 0.2) is 9.41 Å². The fourth-order valence-electron chi connectivity index (χ4n) is 1.93. The number of hydrogen-bond donors (Lipinski definition) is 1. The minimum atomic E-state index is 0.620. The summed E-state index contributed by atoms with van der Waals surface area (Å²) in [6, 6.07) is 0. The molecule has 0 bridgehead atoms. The zero-order valence-electron chi connectivity index (χ0n) is 11.5. The Morgan fingerprint density at radius 2 is 2.22 bits per heavy atom. The second-order valence-electron chi connectivity index (χ2n) is 5.12. The predicted octanol–water partition coefficient (Wildman–Crippen LogP) is 2.90. The lowest BCUT2D eigenvalue weighted by atomic mass is 10.1. The molecule has 1 unspecified atom stereocenters. The van der Waals surface area contributed by atoms with E-state index in [1.54, 1.807) is 0 Å². The van der Waals surface area contributed by atoms with Crippen molar-refractivity contribution < 1.29 is 4.42 Å². The number of aromatic nitrogens is 1. The number of aliphatic imine (C=N–C) groups is 1. The average Bonchev–Trinajstić information content (AvgIpc) is 2.84. The van der Waals surface area contributed by atoms with Gasteiger partial charge in [0.1, 0.15) is 5.76 Å².